The molecule has 0 aliphatic carbocycles. The Hall–Kier alpha value is -1.42. The summed E-state index contributed by atoms with van der Waals surface area (Å²) in [6.07, 6.45) is 1.38. The maximum absolute atomic E-state index is 8.78. The van der Waals surface area contributed by atoms with Crippen LogP contribution in [-0.2, 0) is 0 Å². The molecule has 5 heteroatoms. The summed E-state index contributed by atoms with van der Waals surface area (Å²) in [5, 5.41) is 12.4. The van der Waals surface area contributed by atoms with Crippen LogP contribution in [0.15, 0.2) is 23.4 Å². The molecule has 1 aromatic rings. The van der Waals surface area contributed by atoms with Gasteiger partial charge in [0.1, 0.15) is 11.9 Å². The minimum atomic E-state index is -0.288. The molecule has 0 aliphatic heterocycles. The molecule has 0 amide bonds. The molecule has 0 saturated carbocycles. The van der Waals surface area contributed by atoms with Gasteiger partial charge in [0.05, 0.1) is 10.7 Å². The molecule has 0 spiro atoms. The van der Waals surface area contributed by atoms with E-state index in [0.29, 0.717) is 22.2 Å². The molecule has 0 aliphatic rings. The van der Waals surface area contributed by atoms with E-state index in [1.807, 2.05) is 6.92 Å². The summed E-state index contributed by atoms with van der Waals surface area (Å²) in [4.78, 5) is 0. The molecule has 1 aromatic carbocycles. The molecule has 0 fully saturated rings. The number of oxime groups is 1. The van der Waals surface area contributed by atoms with Crippen LogP contribution in [0.3, 0.4) is 0 Å². The van der Waals surface area contributed by atoms with Crippen LogP contribution in [0, 0.1) is 0 Å². The molecule has 17 heavy (non-hydrogen) atoms. The van der Waals surface area contributed by atoms with Crippen LogP contribution in [-0.4, -0.2) is 17.0 Å². The van der Waals surface area contributed by atoms with Crippen molar-refractivity contribution in [2.75, 3.05) is 5.73 Å². The van der Waals surface area contributed by atoms with E-state index in [2.05, 4.69) is 5.16 Å². The Labute approximate surface area is 106 Å². The Morgan fingerprint density at radius 2 is 2.29 bits per heavy atom. The number of nitrogens with zero attached hydrogens (tertiary/aromatic N) is 1. The molecule has 1 rings (SSSR count). The van der Waals surface area contributed by atoms with E-state index in [1.165, 1.54) is 0 Å². The molecular formula is C12H17ClN2O2. The van der Waals surface area contributed by atoms with Crippen molar-refractivity contribution in [2.24, 2.45) is 5.16 Å². The first-order chi connectivity index (χ1) is 8.08. The van der Waals surface area contributed by atoms with Gasteiger partial charge in [0.15, 0.2) is 0 Å². The number of nitrogen functional groups attached to an aromatic ring is 1. The second-order valence-electron chi connectivity index (χ2n) is 3.83. The average molecular weight is 257 g/mol. The Kier molecular flexibility index (Phi) is 5.10. The zero-order valence-electron chi connectivity index (χ0n) is 9.98. The second-order valence-corrected chi connectivity index (χ2v) is 4.23. The minimum absolute atomic E-state index is 0.288. The molecule has 0 radical (unpaired) electrons. The fourth-order valence-electron chi connectivity index (χ4n) is 1.44. The lowest BCUT2D eigenvalue weighted by Crippen LogP contribution is -2.25. The van der Waals surface area contributed by atoms with E-state index in [-0.39, 0.29) is 6.10 Å². The van der Waals surface area contributed by atoms with Crippen molar-refractivity contribution in [2.45, 2.75) is 32.8 Å². The number of benzene rings is 1. The lowest BCUT2D eigenvalue weighted by molar-refractivity contribution is 0.241. The van der Waals surface area contributed by atoms with E-state index in [0.717, 1.165) is 12.8 Å². The third-order valence-electron chi connectivity index (χ3n) is 2.40. The number of anilines is 1. The summed E-state index contributed by atoms with van der Waals surface area (Å²) in [5.41, 5.74) is 6.77. The first-order valence-corrected chi connectivity index (χ1v) is 5.86. The van der Waals surface area contributed by atoms with E-state index in [9.17, 15) is 0 Å². The van der Waals surface area contributed by atoms with Crippen molar-refractivity contribution in [3.05, 3.63) is 23.2 Å². The van der Waals surface area contributed by atoms with Gasteiger partial charge in [-0.3, -0.25) is 0 Å². The number of hydrogen-bond donors (Lipinski definition) is 2. The van der Waals surface area contributed by atoms with Crippen LogP contribution < -0.4 is 10.5 Å². The van der Waals surface area contributed by atoms with Crippen molar-refractivity contribution in [1.82, 2.24) is 0 Å². The Morgan fingerprint density at radius 1 is 1.59 bits per heavy atom. The lowest BCUT2D eigenvalue weighted by Gasteiger charge is -2.18. The van der Waals surface area contributed by atoms with Gasteiger partial charge >= 0.3 is 0 Å². The molecule has 1 unspecified atom stereocenters. The molecule has 0 saturated heterocycles. The molecule has 0 heterocycles. The Bertz CT molecular complexity index is 407. The van der Waals surface area contributed by atoms with Crippen LogP contribution in [0.2, 0.25) is 5.02 Å². The monoisotopic (exact) mass is 256 g/mol. The van der Waals surface area contributed by atoms with Crippen LogP contribution in [0.25, 0.3) is 0 Å². The summed E-state index contributed by atoms with van der Waals surface area (Å²) >= 11 is 6.01. The third-order valence-corrected chi connectivity index (χ3v) is 2.71. The van der Waals surface area contributed by atoms with Crippen LogP contribution in [0.1, 0.15) is 26.7 Å². The predicted octanol–water partition coefficient (Wildman–Crippen LogP) is 3.32. The molecule has 0 aromatic heterocycles. The summed E-state index contributed by atoms with van der Waals surface area (Å²) < 4.78 is 5.72. The van der Waals surface area contributed by atoms with Gasteiger partial charge in [-0.25, -0.2) is 0 Å². The predicted molar refractivity (Wildman–Crippen MR) is 70.1 cm³/mol. The van der Waals surface area contributed by atoms with Gasteiger partial charge in [0, 0.05) is 11.8 Å². The minimum Gasteiger partial charge on any atom is -0.483 e. The molecule has 94 valence electrons. The number of hydrogen-bond acceptors (Lipinski definition) is 4. The molecular weight excluding hydrogens is 240 g/mol. The Balaban J connectivity index is 2.89. The number of ether oxygens (including phenoxy) is 1. The van der Waals surface area contributed by atoms with Crippen LogP contribution in [0.5, 0.6) is 5.75 Å². The lowest BCUT2D eigenvalue weighted by atomic mass is 10.1. The number of nitrogens with two attached hydrogens (primary N) is 1. The van der Waals surface area contributed by atoms with Crippen molar-refractivity contribution >= 4 is 23.0 Å². The molecule has 0 bridgehead atoms. The van der Waals surface area contributed by atoms with Gasteiger partial charge in [-0.15, -0.1) is 0 Å². The topological polar surface area (TPSA) is 67.8 Å². The van der Waals surface area contributed by atoms with Crippen molar-refractivity contribution in [3.8, 4) is 5.75 Å². The highest BCUT2D eigenvalue weighted by atomic mass is 35.5. The third kappa shape index (κ3) is 3.82. The standard InChI is InChI=1S/C12H17ClN2O2/c1-3-4-11(8(2)15-16)17-12-7-9(14)5-6-10(12)13/h5-7,11,16H,3-4,14H2,1-2H3. The van der Waals surface area contributed by atoms with Crippen molar-refractivity contribution < 1.29 is 9.94 Å². The van der Waals surface area contributed by atoms with Gasteiger partial charge in [0.2, 0.25) is 0 Å². The highest BCUT2D eigenvalue weighted by Crippen LogP contribution is 2.28. The summed E-state index contributed by atoms with van der Waals surface area (Å²) in [7, 11) is 0. The number of rotatable bonds is 5. The highest BCUT2D eigenvalue weighted by Gasteiger charge is 2.15. The fraction of sp³-hybridized carbons (Fsp3) is 0.417. The highest BCUT2D eigenvalue weighted by molar-refractivity contribution is 6.32. The maximum Gasteiger partial charge on any atom is 0.140 e. The van der Waals surface area contributed by atoms with Gasteiger partial charge in [0.25, 0.3) is 0 Å². The SMILES string of the molecule is CCCC(Oc1cc(N)ccc1Cl)C(C)=NO. The zero-order chi connectivity index (χ0) is 12.8. The quantitative estimate of drug-likeness (QED) is 0.368. The summed E-state index contributed by atoms with van der Waals surface area (Å²) in [6.45, 7) is 3.74. The van der Waals surface area contributed by atoms with Gasteiger partial charge in [-0.2, -0.15) is 0 Å². The van der Waals surface area contributed by atoms with Gasteiger partial charge in [-0.05, 0) is 25.5 Å². The van der Waals surface area contributed by atoms with E-state index in [1.54, 1.807) is 25.1 Å². The van der Waals surface area contributed by atoms with Crippen molar-refractivity contribution in [1.29, 1.82) is 0 Å². The molecule has 4 nitrogen and oxygen atoms in total. The number of halogens is 1. The average Bonchev–Trinajstić information content (AvgIpc) is 2.32. The first-order valence-electron chi connectivity index (χ1n) is 5.48. The van der Waals surface area contributed by atoms with E-state index in [4.69, 9.17) is 27.3 Å². The zero-order valence-corrected chi connectivity index (χ0v) is 10.7. The second kappa shape index (κ2) is 6.35. The Morgan fingerprint density at radius 3 is 2.88 bits per heavy atom. The van der Waals surface area contributed by atoms with Crippen molar-refractivity contribution in [3.63, 3.8) is 0 Å². The molecule has 1 atom stereocenters. The van der Waals surface area contributed by atoms with Gasteiger partial charge < -0.3 is 15.7 Å². The van der Waals surface area contributed by atoms with Gasteiger partial charge in [-0.1, -0.05) is 30.1 Å². The van der Waals surface area contributed by atoms with E-state index >= 15 is 0 Å². The smallest absolute Gasteiger partial charge is 0.140 e. The molecule has 3 N–H and O–H groups in total. The normalized spacial score (nSPS) is 13.5. The first kappa shape index (κ1) is 13.6. The van der Waals surface area contributed by atoms with E-state index < -0.39 is 0 Å². The fourth-order valence-corrected chi connectivity index (χ4v) is 1.61. The van der Waals surface area contributed by atoms with Crippen LogP contribution in [0.4, 0.5) is 5.69 Å². The summed E-state index contributed by atoms with van der Waals surface area (Å²) in [5.74, 6) is 0.508. The van der Waals surface area contributed by atoms with Crippen LogP contribution >= 0.6 is 11.6 Å². The maximum atomic E-state index is 8.78. The largest absolute Gasteiger partial charge is 0.483 e. The summed E-state index contributed by atoms with van der Waals surface area (Å²) in [6, 6.07) is 5.05.